The summed E-state index contributed by atoms with van der Waals surface area (Å²) in [6.45, 7) is 0. The summed E-state index contributed by atoms with van der Waals surface area (Å²) in [5, 5.41) is 13.0. The normalized spacial score (nSPS) is 10.1. The Kier molecular flexibility index (Phi) is 3.95. The summed E-state index contributed by atoms with van der Waals surface area (Å²) in [6.07, 6.45) is 0. The van der Waals surface area contributed by atoms with Gasteiger partial charge in [-0.15, -0.1) is 0 Å². The molecule has 0 saturated heterocycles. The highest BCUT2D eigenvalue weighted by molar-refractivity contribution is 6.34. The lowest BCUT2D eigenvalue weighted by Gasteiger charge is -2.07. The first-order valence-electron chi connectivity index (χ1n) is 5.49. The van der Waals surface area contributed by atoms with Crippen LogP contribution in [0.5, 0.6) is 0 Å². The Balaban J connectivity index is 2.28. The first-order chi connectivity index (χ1) is 9.49. The number of nitrogens with one attached hydrogen (secondary N) is 1. The minimum absolute atomic E-state index is 0.0343. The van der Waals surface area contributed by atoms with Crippen molar-refractivity contribution in [2.75, 3.05) is 5.32 Å². The van der Waals surface area contributed by atoms with E-state index in [0.717, 1.165) is 6.07 Å². The summed E-state index contributed by atoms with van der Waals surface area (Å²) < 4.78 is 13.6. The number of amides is 1. The van der Waals surface area contributed by atoms with Crippen molar-refractivity contribution in [3.05, 3.63) is 69.0 Å². The lowest BCUT2D eigenvalue weighted by Crippen LogP contribution is -2.14. The standard InChI is InChI=1S/C13H8ClFN2O3/c14-10-5-2-6-11(15)12(10)13(18)16-8-3-1-4-9(7-8)17(19)20/h1-7H,(H,16,18). The van der Waals surface area contributed by atoms with Gasteiger partial charge in [0.25, 0.3) is 11.6 Å². The summed E-state index contributed by atoms with van der Waals surface area (Å²) in [7, 11) is 0. The Morgan fingerprint density at radius 1 is 1.25 bits per heavy atom. The fourth-order valence-electron chi connectivity index (χ4n) is 1.61. The highest BCUT2D eigenvalue weighted by Crippen LogP contribution is 2.22. The van der Waals surface area contributed by atoms with Crippen LogP contribution in [0.2, 0.25) is 5.02 Å². The first kappa shape index (κ1) is 14.0. The van der Waals surface area contributed by atoms with Crippen LogP contribution in [0.1, 0.15) is 10.4 Å². The third-order valence-corrected chi connectivity index (χ3v) is 2.82. The van der Waals surface area contributed by atoms with Crippen LogP contribution in [-0.4, -0.2) is 10.8 Å². The van der Waals surface area contributed by atoms with Crippen LogP contribution in [0, 0.1) is 15.9 Å². The number of hydrogen-bond acceptors (Lipinski definition) is 3. The number of nitro benzene ring substituents is 1. The molecule has 0 saturated carbocycles. The summed E-state index contributed by atoms with van der Waals surface area (Å²) in [5.74, 6) is -1.53. The Morgan fingerprint density at radius 2 is 1.95 bits per heavy atom. The SMILES string of the molecule is O=C(Nc1cccc([N+](=O)[O-])c1)c1c(F)cccc1Cl. The largest absolute Gasteiger partial charge is 0.322 e. The van der Waals surface area contributed by atoms with E-state index >= 15 is 0 Å². The molecule has 0 radical (unpaired) electrons. The van der Waals surface area contributed by atoms with Crippen molar-refractivity contribution < 1.29 is 14.1 Å². The van der Waals surface area contributed by atoms with Crippen molar-refractivity contribution in [3.8, 4) is 0 Å². The summed E-state index contributed by atoms with van der Waals surface area (Å²) in [4.78, 5) is 22.0. The minimum atomic E-state index is -0.770. The quantitative estimate of drug-likeness (QED) is 0.694. The molecule has 0 atom stereocenters. The number of benzene rings is 2. The van der Waals surface area contributed by atoms with Gasteiger partial charge in [-0.1, -0.05) is 23.7 Å². The number of nitrogens with zero attached hydrogens (tertiary/aromatic N) is 1. The molecule has 0 aliphatic rings. The van der Waals surface area contributed by atoms with Gasteiger partial charge in [-0.2, -0.15) is 0 Å². The van der Waals surface area contributed by atoms with E-state index in [4.69, 9.17) is 11.6 Å². The molecule has 0 aromatic heterocycles. The molecule has 2 aromatic carbocycles. The van der Waals surface area contributed by atoms with Crippen molar-refractivity contribution in [3.63, 3.8) is 0 Å². The molecule has 5 nitrogen and oxygen atoms in total. The van der Waals surface area contributed by atoms with E-state index in [1.807, 2.05) is 0 Å². The zero-order valence-corrected chi connectivity index (χ0v) is 10.7. The second-order valence-corrected chi connectivity index (χ2v) is 4.27. The molecule has 7 heteroatoms. The van der Waals surface area contributed by atoms with Crippen molar-refractivity contribution in [2.24, 2.45) is 0 Å². The van der Waals surface area contributed by atoms with Crippen LogP contribution in [-0.2, 0) is 0 Å². The molecule has 0 spiro atoms. The Labute approximate surface area is 118 Å². The molecule has 0 fully saturated rings. The predicted molar refractivity (Wildman–Crippen MR) is 72.5 cm³/mol. The highest BCUT2D eigenvalue weighted by atomic mass is 35.5. The average Bonchev–Trinajstić information content (AvgIpc) is 2.38. The van der Waals surface area contributed by atoms with Gasteiger partial charge in [0.1, 0.15) is 5.82 Å². The number of anilines is 1. The second-order valence-electron chi connectivity index (χ2n) is 3.86. The van der Waals surface area contributed by atoms with Crippen molar-refractivity contribution in [1.82, 2.24) is 0 Å². The van der Waals surface area contributed by atoms with E-state index in [2.05, 4.69) is 5.32 Å². The topological polar surface area (TPSA) is 72.2 Å². The second kappa shape index (κ2) is 5.66. The molecule has 102 valence electrons. The van der Waals surface area contributed by atoms with E-state index in [0.29, 0.717) is 0 Å². The molecular formula is C13H8ClFN2O3. The molecule has 1 amide bonds. The Morgan fingerprint density at radius 3 is 2.60 bits per heavy atom. The van der Waals surface area contributed by atoms with Crippen LogP contribution in [0.4, 0.5) is 15.8 Å². The van der Waals surface area contributed by atoms with Crippen molar-refractivity contribution >= 4 is 28.9 Å². The Hall–Kier alpha value is -2.47. The molecule has 2 rings (SSSR count). The minimum Gasteiger partial charge on any atom is -0.322 e. The fourth-order valence-corrected chi connectivity index (χ4v) is 1.85. The molecule has 20 heavy (non-hydrogen) atoms. The van der Waals surface area contributed by atoms with Crippen LogP contribution in [0.3, 0.4) is 0 Å². The lowest BCUT2D eigenvalue weighted by atomic mass is 10.2. The van der Waals surface area contributed by atoms with Gasteiger partial charge < -0.3 is 5.32 Å². The van der Waals surface area contributed by atoms with Crippen LogP contribution >= 0.6 is 11.6 Å². The molecule has 0 heterocycles. The number of carbonyl (C=O) groups is 1. The van der Waals surface area contributed by atoms with Crippen LogP contribution in [0.15, 0.2) is 42.5 Å². The Bertz CT molecular complexity index is 671. The fraction of sp³-hybridized carbons (Fsp3) is 0. The number of carbonyl (C=O) groups excluding carboxylic acids is 1. The van der Waals surface area contributed by atoms with E-state index in [1.165, 1.54) is 36.4 Å². The number of hydrogen-bond donors (Lipinski definition) is 1. The lowest BCUT2D eigenvalue weighted by molar-refractivity contribution is -0.384. The zero-order chi connectivity index (χ0) is 14.7. The third kappa shape index (κ3) is 2.92. The zero-order valence-electron chi connectivity index (χ0n) is 9.97. The van der Waals surface area contributed by atoms with Crippen LogP contribution in [0.25, 0.3) is 0 Å². The van der Waals surface area contributed by atoms with E-state index in [-0.39, 0.29) is 22.0 Å². The van der Waals surface area contributed by atoms with Gasteiger partial charge in [0.15, 0.2) is 0 Å². The molecule has 0 aliphatic carbocycles. The highest BCUT2D eigenvalue weighted by Gasteiger charge is 2.16. The molecule has 0 unspecified atom stereocenters. The first-order valence-corrected chi connectivity index (χ1v) is 5.86. The van der Waals surface area contributed by atoms with Gasteiger partial charge >= 0.3 is 0 Å². The van der Waals surface area contributed by atoms with Gasteiger partial charge in [-0.3, -0.25) is 14.9 Å². The smallest absolute Gasteiger partial charge is 0.271 e. The molecule has 1 N–H and O–H groups in total. The number of nitro groups is 1. The van der Waals surface area contributed by atoms with E-state index in [9.17, 15) is 19.3 Å². The van der Waals surface area contributed by atoms with Gasteiger partial charge in [0, 0.05) is 17.8 Å². The van der Waals surface area contributed by atoms with E-state index < -0.39 is 16.6 Å². The predicted octanol–water partition coefficient (Wildman–Crippen LogP) is 3.64. The third-order valence-electron chi connectivity index (χ3n) is 2.50. The van der Waals surface area contributed by atoms with Crippen molar-refractivity contribution in [2.45, 2.75) is 0 Å². The van der Waals surface area contributed by atoms with Crippen molar-refractivity contribution in [1.29, 1.82) is 0 Å². The van der Waals surface area contributed by atoms with Gasteiger partial charge in [-0.05, 0) is 18.2 Å². The monoisotopic (exact) mass is 294 g/mol. The van der Waals surface area contributed by atoms with Crippen LogP contribution < -0.4 is 5.32 Å². The maximum Gasteiger partial charge on any atom is 0.271 e. The molecule has 0 aliphatic heterocycles. The molecular weight excluding hydrogens is 287 g/mol. The maximum absolute atomic E-state index is 13.6. The van der Waals surface area contributed by atoms with Gasteiger partial charge in [0.2, 0.25) is 0 Å². The summed E-state index contributed by atoms with van der Waals surface area (Å²) >= 11 is 5.76. The summed E-state index contributed by atoms with van der Waals surface area (Å²) in [5.41, 5.74) is -0.299. The average molecular weight is 295 g/mol. The summed E-state index contributed by atoms with van der Waals surface area (Å²) in [6, 6.07) is 9.19. The number of non-ortho nitro benzene ring substituents is 1. The number of rotatable bonds is 3. The van der Waals surface area contributed by atoms with Gasteiger partial charge in [-0.25, -0.2) is 4.39 Å². The van der Waals surface area contributed by atoms with Gasteiger partial charge in [0.05, 0.1) is 15.5 Å². The molecule has 0 bridgehead atoms. The number of halogens is 2. The molecule has 2 aromatic rings. The van der Waals surface area contributed by atoms with E-state index in [1.54, 1.807) is 0 Å². The maximum atomic E-state index is 13.6.